The zero-order chi connectivity index (χ0) is 14.5. The molecule has 1 aliphatic rings. The van der Waals surface area contributed by atoms with E-state index in [9.17, 15) is 15.2 Å². The van der Waals surface area contributed by atoms with E-state index in [0.717, 1.165) is 32.1 Å². The van der Waals surface area contributed by atoms with Crippen LogP contribution < -0.4 is 10.1 Å². The van der Waals surface area contributed by atoms with Crippen LogP contribution >= 0.6 is 0 Å². The van der Waals surface area contributed by atoms with Gasteiger partial charge < -0.3 is 15.2 Å². The van der Waals surface area contributed by atoms with Crippen molar-refractivity contribution >= 4 is 11.4 Å². The van der Waals surface area contributed by atoms with E-state index in [0.29, 0.717) is 11.4 Å². The van der Waals surface area contributed by atoms with Crippen molar-refractivity contribution in [1.82, 2.24) is 0 Å². The Hall–Kier alpha value is -1.82. The molecule has 0 radical (unpaired) electrons. The highest BCUT2D eigenvalue weighted by Crippen LogP contribution is 2.31. The Balaban J connectivity index is 2.23. The van der Waals surface area contributed by atoms with Crippen LogP contribution in [-0.4, -0.2) is 29.3 Å². The summed E-state index contributed by atoms with van der Waals surface area (Å²) in [6.07, 6.45) is 4.19. The largest absolute Gasteiger partial charge is 0.497 e. The summed E-state index contributed by atoms with van der Waals surface area (Å²) in [6.45, 7) is 0. The molecule has 0 aromatic heterocycles. The van der Waals surface area contributed by atoms with Gasteiger partial charge in [-0.2, -0.15) is 0 Å². The molecule has 1 aromatic carbocycles. The van der Waals surface area contributed by atoms with E-state index in [1.54, 1.807) is 12.1 Å². The average molecular weight is 280 g/mol. The summed E-state index contributed by atoms with van der Waals surface area (Å²) in [4.78, 5) is 10.6. The van der Waals surface area contributed by atoms with Crippen molar-refractivity contribution in [2.24, 2.45) is 0 Å². The molecule has 110 valence electrons. The second-order valence-electron chi connectivity index (χ2n) is 5.10. The zero-order valence-electron chi connectivity index (χ0n) is 11.5. The first kappa shape index (κ1) is 14.6. The van der Waals surface area contributed by atoms with Gasteiger partial charge in [-0.25, -0.2) is 0 Å². The molecule has 2 rings (SSSR count). The van der Waals surface area contributed by atoms with Crippen molar-refractivity contribution in [3.05, 3.63) is 28.3 Å². The van der Waals surface area contributed by atoms with Gasteiger partial charge in [-0.3, -0.25) is 10.1 Å². The van der Waals surface area contributed by atoms with Gasteiger partial charge in [0.2, 0.25) is 0 Å². The van der Waals surface area contributed by atoms with Crippen LogP contribution in [-0.2, 0) is 0 Å². The third-order valence-corrected chi connectivity index (χ3v) is 3.72. The SMILES string of the molecule is COc1ccc([N+](=O)[O-])c(NC2CCCCCC2O)c1. The number of nitrogens with one attached hydrogen (secondary N) is 1. The molecule has 0 amide bonds. The van der Waals surface area contributed by atoms with E-state index >= 15 is 0 Å². The average Bonchev–Trinajstić information content (AvgIpc) is 2.64. The zero-order valence-corrected chi connectivity index (χ0v) is 11.5. The standard InChI is InChI=1S/C14H20N2O4/c1-20-10-7-8-13(16(18)19)12(9-10)15-11-5-3-2-4-6-14(11)17/h7-9,11,14-15,17H,2-6H2,1H3. The van der Waals surface area contributed by atoms with Crippen molar-refractivity contribution in [3.8, 4) is 5.75 Å². The van der Waals surface area contributed by atoms with Crippen molar-refractivity contribution in [3.63, 3.8) is 0 Å². The molecule has 0 saturated heterocycles. The molecular formula is C14H20N2O4. The smallest absolute Gasteiger partial charge is 0.292 e. The van der Waals surface area contributed by atoms with Gasteiger partial charge in [-0.15, -0.1) is 0 Å². The van der Waals surface area contributed by atoms with Crippen molar-refractivity contribution < 1.29 is 14.8 Å². The van der Waals surface area contributed by atoms with E-state index in [1.165, 1.54) is 13.2 Å². The number of benzene rings is 1. The van der Waals surface area contributed by atoms with Crippen LogP contribution in [0.3, 0.4) is 0 Å². The van der Waals surface area contributed by atoms with Crippen LogP contribution in [0.4, 0.5) is 11.4 Å². The molecule has 0 aliphatic heterocycles. The lowest BCUT2D eigenvalue weighted by molar-refractivity contribution is -0.384. The third kappa shape index (κ3) is 3.39. The second-order valence-corrected chi connectivity index (χ2v) is 5.10. The molecular weight excluding hydrogens is 260 g/mol. The minimum absolute atomic E-state index is 0.00208. The number of aliphatic hydroxyl groups excluding tert-OH is 1. The van der Waals surface area contributed by atoms with Gasteiger partial charge in [-0.05, 0) is 18.9 Å². The summed E-state index contributed by atoms with van der Waals surface area (Å²) in [7, 11) is 1.52. The third-order valence-electron chi connectivity index (χ3n) is 3.72. The summed E-state index contributed by atoms with van der Waals surface area (Å²) < 4.78 is 5.11. The van der Waals surface area contributed by atoms with Crippen molar-refractivity contribution in [2.45, 2.75) is 44.2 Å². The molecule has 1 aromatic rings. The summed E-state index contributed by atoms with van der Waals surface area (Å²) in [6, 6.07) is 4.44. The Labute approximate surface area is 117 Å². The molecule has 6 nitrogen and oxygen atoms in total. The molecule has 0 spiro atoms. The quantitative estimate of drug-likeness (QED) is 0.503. The van der Waals surface area contributed by atoms with Crippen LogP contribution in [0.25, 0.3) is 0 Å². The van der Waals surface area contributed by atoms with Crippen LogP contribution in [0.1, 0.15) is 32.1 Å². The van der Waals surface area contributed by atoms with Gasteiger partial charge in [0.25, 0.3) is 5.69 Å². The lowest BCUT2D eigenvalue weighted by Crippen LogP contribution is -2.32. The van der Waals surface area contributed by atoms with Gasteiger partial charge in [0.15, 0.2) is 0 Å². The summed E-state index contributed by atoms with van der Waals surface area (Å²) in [5.41, 5.74) is 0.405. The number of rotatable bonds is 4. The maximum absolute atomic E-state index is 11.1. The maximum Gasteiger partial charge on any atom is 0.292 e. The van der Waals surface area contributed by atoms with E-state index < -0.39 is 11.0 Å². The number of ether oxygens (including phenoxy) is 1. The Morgan fingerprint density at radius 3 is 2.80 bits per heavy atom. The first-order valence-electron chi connectivity index (χ1n) is 6.89. The van der Waals surface area contributed by atoms with Crippen molar-refractivity contribution in [1.29, 1.82) is 0 Å². The molecule has 20 heavy (non-hydrogen) atoms. The number of nitrogens with zero attached hydrogens (tertiary/aromatic N) is 1. The summed E-state index contributed by atoms with van der Waals surface area (Å²) in [5, 5.41) is 24.3. The minimum atomic E-state index is -0.469. The Morgan fingerprint density at radius 2 is 2.10 bits per heavy atom. The highest BCUT2D eigenvalue weighted by atomic mass is 16.6. The lowest BCUT2D eigenvalue weighted by atomic mass is 10.1. The predicted octanol–water partition coefficient (Wildman–Crippen LogP) is 2.71. The minimum Gasteiger partial charge on any atom is -0.497 e. The van der Waals surface area contributed by atoms with Gasteiger partial charge in [-0.1, -0.05) is 19.3 Å². The Kier molecular flexibility index (Phi) is 4.79. The fourth-order valence-electron chi connectivity index (χ4n) is 2.57. The number of nitro groups is 1. The number of methoxy groups -OCH3 is 1. The van der Waals surface area contributed by atoms with Gasteiger partial charge in [0.1, 0.15) is 11.4 Å². The van der Waals surface area contributed by atoms with E-state index in [1.807, 2.05) is 0 Å². The molecule has 1 fully saturated rings. The fourth-order valence-corrected chi connectivity index (χ4v) is 2.57. The number of hydrogen-bond acceptors (Lipinski definition) is 5. The normalized spacial score (nSPS) is 22.9. The fraction of sp³-hybridized carbons (Fsp3) is 0.571. The number of nitro benzene ring substituents is 1. The molecule has 2 atom stereocenters. The first-order chi connectivity index (χ1) is 9.61. The molecule has 2 N–H and O–H groups in total. The second kappa shape index (κ2) is 6.56. The van der Waals surface area contributed by atoms with Crippen LogP contribution in [0.5, 0.6) is 5.75 Å². The Bertz CT molecular complexity index is 478. The highest BCUT2D eigenvalue weighted by molar-refractivity contribution is 5.64. The van der Waals surface area contributed by atoms with Crippen LogP contribution in [0, 0.1) is 10.1 Å². The molecule has 6 heteroatoms. The van der Waals surface area contributed by atoms with E-state index in [4.69, 9.17) is 4.74 Å². The van der Waals surface area contributed by atoms with Crippen LogP contribution in [0.2, 0.25) is 0 Å². The maximum atomic E-state index is 11.1. The van der Waals surface area contributed by atoms with E-state index in [-0.39, 0.29) is 11.7 Å². The number of hydrogen-bond donors (Lipinski definition) is 2. The monoisotopic (exact) mass is 280 g/mol. The van der Waals surface area contributed by atoms with Gasteiger partial charge >= 0.3 is 0 Å². The van der Waals surface area contributed by atoms with Gasteiger partial charge in [0, 0.05) is 12.1 Å². The summed E-state index contributed by atoms with van der Waals surface area (Å²) in [5.74, 6) is 0.557. The number of anilines is 1. The Morgan fingerprint density at radius 1 is 1.35 bits per heavy atom. The first-order valence-corrected chi connectivity index (χ1v) is 6.89. The predicted molar refractivity (Wildman–Crippen MR) is 76.2 cm³/mol. The molecule has 0 bridgehead atoms. The van der Waals surface area contributed by atoms with Crippen molar-refractivity contribution in [2.75, 3.05) is 12.4 Å². The number of aliphatic hydroxyl groups is 1. The van der Waals surface area contributed by atoms with Crippen LogP contribution in [0.15, 0.2) is 18.2 Å². The molecule has 1 aliphatic carbocycles. The topological polar surface area (TPSA) is 84.6 Å². The molecule has 2 unspecified atom stereocenters. The molecule has 0 heterocycles. The van der Waals surface area contributed by atoms with Gasteiger partial charge in [0.05, 0.1) is 24.2 Å². The van der Waals surface area contributed by atoms with E-state index in [2.05, 4.69) is 5.32 Å². The lowest BCUT2D eigenvalue weighted by Gasteiger charge is -2.23. The highest BCUT2D eigenvalue weighted by Gasteiger charge is 2.24. The molecule has 1 saturated carbocycles. The summed E-state index contributed by atoms with van der Waals surface area (Å²) >= 11 is 0.